The predicted molar refractivity (Wildman–Crippen MR) is 74.5 cm³/mol. The van der Waals surface area contributed by atoms with Gasteiger partial charge in [-0.2, -0.15) is 13.2 Å². The molecule has 1 atom stereocenters. The second-order valence-corrected chi connectivity index (χ2v) is 5.47. The molecule has 0 saturated heterocycles. The highest BCUT2D eigenvalue weighted by Crippen LogP contribution is 2.34. The molecule has 3 nitrogen and oxygen atoms in total. The number of furan rings is 1. The number of hydrogen-bond acceptors (Lipinski definition) is 3. The van der Waals surface area contributed by atoms with Crippen LogP contribution in [0, 0.1) is 0 Å². The highest BCUT2D eigenvalue weighted by molar-refractivity contribution is 5.30. The van der Waals surface area contributed by atoms with Crippen LogP contribution < -0.4 is 4.74 Å². The van der Waals surface area contributed by atoms with Crippen molar-refractivity contribution in [3.63, 3.8) is 0 Å². The van der Waals surface area contributed by atoms with E-state index in [1.165, 1.54) is 12.1 Å². The number of alkyl halides is 3. The van der Waals surface area contributed by atoms with E-state index in [1.807, 2.05) is 13.1 Å². The van der Waals surface area contributed by atoms with Crippen LogP contribution in [0.5, 0.6) is 5.75 Å². The fourth-order valence-electron chi connectivity index (χ4n) is 2.60. The molecule has 1 aliphatic heterocycles. The fraction of sp³-hybridized carbons (Fsp3) is 0.375. The van der Waals surface area contributed by atoms with Crippen LogP contribution >= 0.6 is 0 Å². The molecule has 0 radical (unpaired) electrons. The zero-order chi connectivity index (χ0) is 15.7. The second-order valence-electron chi connectivity index (χ2n) is 5.47. The van der Waals surface area contributed by atoms with Gasteiger partial charge < -0.3 is 14.1 Å². The lowest BCUT2D eigenvalue weighted by atomic mass is 10.1. The lowest BCUT2D eigenvalue weighted by Gasteiger charge is -2.17. The van der Waals surface area contributed by atoms with Gasteiger partial charge in [-0.25, -0.2) is 0 Å². The Balaban J connectivity index is 1.79. The molecule has 2 aromatic rings. The average Bonchev–Trinajstić information content (AvgIpc) is 2.85. The summed E-state index contributed by atoms with van der Waals surface area (Å²) >= 11 is 0. The molecule has 1 aliphatic rings. The van der Waals surface area contributed by atoms with Crippen LogP contribution in [0.2, 0.25) is 0 Å². The summed E-state index contributed by atoms with van der Waals surface area (Å²) in [6, 6.07) is 6.66. The number of ether oxygens (including phenoxy) is 1. The summed E-state index contributed by atoms with van der Waals surface area (Å²) in [7, 11) is 2.01. The first-order valence-corrected chi connectivity index (χ1v) is 7.02. The van der Waals surface area contributed by atoms with Gasteiger partial charge in [0.2, 0.25) is 0 Å². The summed E-state index contributed by atoms with van der Waals surface area (Å²) in [6.07, 6.45) is -2.28. The number of hydrogen-bond donors (Lipinski definition) is 0. The van der Waals surface area contributed by atoms with Crippen molar-refractivity contribution < 1.29 is 22.3 Å². The third-order valence-electron chi connectivity index (χ3n) is 3.75. The van der Waals surface area contributed by atoms with E-state index in [0.29, 0.717) is 5.75 Å². The Kier molecular flexibility index (Phi) is 3.87. The molecule has 3 rings (SSSR count). The van der Waals surface area contributed by atoms with Crippen LogP contribution in [0.15, 0.2) is 41.0 Å². The molecule has 0 fully saturated rings. The van der Waals surface area contributed by atoms with Gasteiger partial charge in [0.25, 0.3) is 0 Å². The van der Waals surface area contributed by atoms with E-state index in [0.717, 1.165) is 43.0 Å². The van der Waals surface area contributed by atoms with Crippen LogP contribution in [0.1, 0.15) is 29.4 Å². The van der Waals surface area contributed by atoms with Gasteiger partial charge in [0.15, 0.2) is 6.10 Å². The molecule has 0 N–H and O–H groups in total. The third kappa shape index (κ3) is 3.11. The maximum Gasteiger partial charge on any atom is 0.416 e. The van der Waals surface area contributed by atoms with Crippen LogP contribution in [0.25, 0.3) is 0 Å². The number of halogens is 3. The monoisotopic (exact) mass is 311 g/mol. The van der Waals surface area contributed by atoms with Gasteiger partial charge in [0.05, 0.1) is 11.8 Å². The molecule has 6 heteroatoms. The normalized spacial score (nSPS) is 19.5. The summed E-state index contributed by atoms with van der Waals surface area (Å²) in [5.74, 6) is 1.16. The molecule has 1 aromatic carbocycles. The van der Waals surface area contributed by atoms with Crippen LogP contribution in [0.3, 0.4) is 0 Å². The highest BCUT2D eigenvalue weighted by atomic mass is 19.4. The average molecular weight is 311 g/mol. The number of benzene rings is 1. The van der Waals surface area contributed by atoms with Crippen molar-refractivity contribution in [2.75, 3.05) is 13.6 Å². The fourth-order valence-corrected chi connectivity index (χ4v) is 2.60. The van der Waals surface area contributed by atoms with Gasteiger partial charge in [-0.1, -0.05) is 0 Å². The minimum absolute atomic E-state index is 0.285. The molecular weight excluding hydrogens is 295 g/mol. The van der Waals surface area contributed by atoms with Gasteiger partial charge in [-0.15, -0.1) is 0 Å². The van der Waals surface area contributed by atoms with Crippen molar-refractivity contribution in [2.45, 2.75) is 25.2 Å². The smallest absolute Gasteiger partial charge is 0.416 e. The van der Waals surface area contributed by atoms with Crippen molar-refractivity contribution in [1.82, 2.24) is 4.90 Å². The topological polar surface area (TPSA) is 25.6 Å². The molecule has 22 heavy (non-hydrogen) atoms. The minimum atomic E-state index is -4.34. The van der Waals surface area contributed by atoms with Gasteiger partial charge in [-0.05, 0) is 37.4 Å². The lowest BCUT2D eigenvalue weighted by molar-refractivity contribution is -0.137. The standard InChI is InChI=1S/C16H16F3NO2/c1-20-8-6-14(15-11(10-20)7-9-21-15)22-13-4-2-12(3-5-13)16(17,18)19/h2-5,7,9,14H,6,8,10H2,1H3. The Hall–Kier alpha value is -1.95. The number of rotatable bonds is 2. The molecule has 2 heterocycles. The molecule has 0 spiro atoms. The van der Waals surface area contributed by atoms with Crippen LogP contribution in [-0.2, 0) is 12.7 Å². The molecule has 0 bridgehead atoms. The Bertz CT molecular complexity index is 634. The predicted octanol–water partition coefficient (Wildman–Crippen LogP) is 4.25. The van der Waals surface area contributed by atoms with Crippen LogP contribution in [0.4, 0.5) is 13.2 Å². The Morgan fingerprint density at radius 3 is 2.59 bits per heavy atom. The first kappa shape index (κ1) is 15.0. The zero-order valence-corrected chi connectivity index (χ0v) is 12.1. The van der Waals surface area contributed by atoms with Crippen molar-refractivity contribution in [3.05, 3.63) is 53.5 Å². The molecule has 1 aromatic heterocycles. The quantitative estimate of drug-likeness (QED) is 0.829. The highest BCUT2D eigenvalue weighted by Gasteiger charge is 2.30. The summed E-state index contributed by atoms with van der Waals surface area (Å²) < 4.78 is 49.1. The molecule has 0 amide bonds. The lowest BCUT2D eigenvalue weighted by Crippen LogP contribution is -2.18. The van der Waals surface area contributed by atoms with Gasteiger partial charge in [0.1, 0.15) is 11.5 Å². The molecular formula is C16H16F3NO2. The molecule has 118 valence electrons. The van der Waals surface area contributed by atoms with E-state index in [4.69, 9.17) is 9.15 Å². The first-order chi connectivity index (χ1) is 10.4. The van der Waals surface area contributed by atoms with Crippen molar-refractivity contribution >= 4 is 0 Å². The van der Waals surface area contributed by atoms with E-state index in [-0.39, 0.29) is 6.10 Å². The largest absolute Gasteiger partial charge is 0.482 e. The Morgan fingerprint density at radius 2 is 1.91 bits per heavy atom. The van der Waals surface area contributed by atoms with E-state index in [9.17, 15) is 13.2 Å². The van der Waals surface area contributed by atoms with Crippen LogP contribution in [-0.4, -0.2) is 18.5 Å². The van der Waals surface area contributed by atoms with E-state index < -0.39 is 11.7 Å². The summed E-state index contributed by atoms with van der Waals surface area (Å²) in [4.78, 5) is 2.16. The summed E-state index contributed by atoms with van der Waals surface area (Å²) in [5, 5.41) is 0. The molecule has 0 aliphatic carbocycles. The SMILES string of the molecule is CN1CCC(Oc2ccc(C(F)(F)F)cc2)c2occc2C1. The number of nitrogens with zero attached hydrogens (tertiary/aromatic N) is 1. The maximum absolute atomic E-state index is 12.6. The van der Waals surface area contributed by atoms with Gasteiger partial charge in [-0.3, -0.25) is 0 Å². The summed E-state index contributed by atoms with van der Waals surface area (Å²) in [6.45, 7) is 1.61. The van der Waals surface area contributed by atoms with Crippen molar-refractivity contribution in [1.29, 1.82) is 0 Å². The summed E-state index contributed by atoms with van der Waals surface area (Å²) in [5.41, 5.74) is 0.371. The second kappa shape index (κ2) is 5.68. The van der Waals surface area contributed by atoms with Crippen molar-refractivity contribution in [3.8, 4) is 5.75 Å². The third-order valence-corrected chi connectivity index (χ3v) is 3.75. The van der Waals surface area contributed by atoms with E-state index in [2.05, 4.69) is 4.90 Å². The van der Waals surface area contributed by atoms with E-state index in [1.54, 1.807) is 6.26 Å². The Morgan fingerprint density at radius 1 is 1.18 bits per heavy atom. The van der Waals surface area contributed by atoms with Gasteiger partial charge in [0, 0.05) is 25.1 Å². The Labute approximate surface area is 126 Å². The minimum Gasteiger partial charge on any atom is -0.482 e. The van der Waals surface area contributed by atoms with E-state index >= 15 is 0 Å². The zero-order valence-electron chi connectivity index (χ0n) is 12.1. The van der Waals surface area contributed by atoms with Gasteiger partial charge >= 0.3 is 6.18 Å². The number of fused-ring (bicyclic) bond motifs is 1. The van der Waals surface area contributed by atoms with Crippen molar-refractivity contribution in [2.24, 2.45) is 0 Å². The first-order valence-electron chi connectivity index (χ1n) is 7.02. The molecule has 0 saturated carbocycles. The maximum atomic E-state index is 12.6. The molecule has 1 unspecified atom stereocenters.